The summed E-state index contributed by atoms with van der Waals surface area (Å²) in [6.07, 6.45) is -0.341. The molecule has 176 valence electrons. The normalized spacial score (nSPS) is 11.4. The van der Waals surface area contributed by atoms with Gasteiger partial charge in [-0.15, -0.1) is 22.7 Å². The van der Waals surface area contributed by atoms with Crippen LogP contribution in [0.4, 0.5) is 4.79 Å². The molecule has 0 radical (unpaired) electrons. The number of carbonyl (C=O) groups is 1. The number of aromatic nitrogens is 2. The van der Waals surface area contributed by atoms with Crippen LogP contribution in [-0.2, 0) is 4.74 Å². The van der Waals surface area contributed by atoms with Crippen LogP contribution < -0.4 is 0 Å². The van der Waals surface area contributed by atoms with Gasteiger partial charge in [0.1, 0.15) is 5.60 Å². The predicted molar refractivity (Wildman–Crippen MR) is 148 cm³/mol. The van der Waals surface area contributed by atoms with Crippen molar-refractivity contribution in [3.05, 3.63) is 95.7 Å². The smallest absolute Gasteiger partial charge is 0.419 e. The van der Waals surface area contributed by atoms with Crippen LogP contribution in [0.25, 0.3) is 42.9 Å². The summed E-state index contributed by atoms with van der Waals surface area (Å²) >= 11 is 3.37. The molecule has 2 aromatic carbocycles. The van der Waals surface area contributed by atoms with Crippen molar-refractivity contribution < 1.29 is 9.53 Å². The van der Waals surface area contributed by atoms with E-state index in [9.17, 15) is 4.79 Å². The maximum absolute atomic E-state index is 12.6. The number of H-pyrrole nitrogens is 1. The second-order valence-electron chi connectivity index (χ2n) is 9.13. The maximum atomic E-state index is 12.6. The second kappa shape index (κ2) is 9.56. The first-order valence-electron chi connectivity index (χ1n) is 11.4. The highest BCUT2D eigenvalue weighted by molar-refractivity contribution is 7.13. The lowest BCUT2D eigenvalue weighted by Gasteiger charge is -2.20. The number of hydrogen-bond donors (Lipinski definition) is 1. The van der Waals surface area contributed by atoms with Gasteiger partial charge in [-0.1, -0.05) is 48.5 Å². The zero-order valence-corrected chi connectivity index (χ0v) is 21.5. The summed E-state index contributed by atoms with van der Waals surface area (Å²) in [6, 6.07) is 28.6. The molecule has 0 aliphatic carbocycles. The zero-order valence-electron chi connectivity index (χ0n) is 19.8. The molecule has 6 aromatic rings. The average Bonchev–Trinajstić information content (AvgIpc) is 3.63. The molecule has 0 saturated carbocycles. The number of fused-ring (bicyclic) bond motifs is 2. The molecule has 0 saturated heterocycles. The highest BCUT2D eigenvalue weighted by Crippen LogP contribution is 2.32. The lowest BCUT2D eigenvalue weighted by atomic mass is 10.2. The Balaban J connectivity index is 0.000000156. The number of carbonyl (C=O) groups excluding carboxylic acids is 1. The van der Waals surface area contributed by atoms with Gasteiger partial charge in [0.15, 0.2) is 0 Å². The standard InChI is InChI=1S/C17H17NO2S.C12H9NS/c1-17(2,3)20-16(19)18-13-8-5-4-7-12(13)11-14(18)15-9-6-10-21-15;1-2-5-10-9(4-1)8-11(13-10)12-6-3-7-14-12/h4-11H,1-3H3;1-8,13H. The maximum Gasteiger partial charge on any atom is 0.419 e. The van der Waals surface area contributed by atoms with Crippen LogP contribution in [0, 0.1) is 0 Å². The molecule has 6 heteroatoms. The van der Waals surface area contributed by atoms with Gasteiger partial charge >= 0.3 is 6.09 Å². The van der Waals surface area contributed by atoms with E-state index in [2.05, 4.69) is 52.8 Å². The molecule has 1 N–H and O–H groups in total. The van der Waals surface area contributed by atoms with E-state index in [0.29, 0.717) is 0 Å². The van der Waals surface area contributed by atoms with Gasteiger partial charge in [-0.3, -0.25) is 0 Å². The molecule has 0 aliphatic rings. The predicted octanol–water partition coefficient (Wildman–Crippen LogP) is 9.05. The van der Waals surface area contributed by atoms with Gasteiger partial charge in [0.2, 0.25) is 0 Å². The molecule has 0 bridgehead atoms. The molecule has 4 aromatic heterocycles. The highest BCUT2D eigenvalue weighted by atomic mass is 32.1. The van der Waals surface area contributed by atoms with Crippen LogP contribution in [0.15, 0.2) is 95.7 Å². The van der Waals surface area contributed by atoms with Crippen LogP contribution in [-0.4, -0.2) is 21.2 Å². The summed E-state index contributed by atoms with van der Waals surface area (Å²) in [7, 11) is 0. The van der Waals surface area contributed by atoms with Gasteiger partial charge in [0.05, 0.1) is 26.7 Å². The van der Waals surface area contributed by atoms with Crippen molar-refractivity contribution in [2.75, 3.05) is 0 Å². The minimum absolute atomic E-state index is 0.341. The summed E-state index contributed by atoms with van der Waals surface area (Å²) in [5.74, 6) is 0. The van der Waals surface area contributed by atoms with E-state index in [1.807, 2.05) is 68.6 Å². The zero-order chi connectivity index (χ0) is 24.4. The average molecular weight is 499 g/mol. The van der Waals surface area contributed by atoms with Crippen LogP contribution >= 0.6 is 22.7 Å². The lowest BCUT2D eigenvalue weighted by Crippen LogP contribution is -2.27. The first-order valence-corrected chi connectivity index (χ1v) is 13.1. The van der Waals surface area contributed by atoms with Gasteiger partial charge in [-0.25, -0.2) is 9.36 Å². The summed E-state index contributed by atoms with van der Waals surface area (Å²) < 4.78 is 7.22. The molecule has 0 atom stereocenters. The molecule has 0 spiro atoms. The molecule has 0 fully saturated rings. The molecule has 35 heavy (non-hydrogen) atoms. The lowest BCUT2D eigenvalue weighted by molar-refractivity contribution is 0.0547. The minimum atomic E-state index is -0.519. The largest absolute Gasteiger partial charge is 0.443 e. The van der Waals surface area contributed by atoms with E-state index in [4.69, 9.17) is 4.74 Å². The Labute approximate surface area is 212 Å². The fourth-order valence-electron chi connectivity index (χ4n) is 3.90. The molecule has 0 aliphatic heterocycles. The number of para-hydroxylation sites is 2. The Kier molecular flexibility index (Phi) is 6.32. The summed E-state index contributed by atoms with van der Waals surface area (Å²) in [5, 5.41) is 6.41. The van der Waals surface area contributed by atoms with Crippen LogP contribution in [0.3, 0.4) is 0 Å². The SMILES string of the molecule is CC(C)(C)OC(=O)n1c(-c2cccs2)cc2ccccc21.c1csc(-c2cc3ccccc3[nH]2)c1. The van der Waals surface area contributed by atoms with E-state index in [-0.39, 0.29) is 6.09 Å². The van der Waals surface area contributed by atoms with Crippen molar-refractivity contribution in [2.45, 2.75) is 26.4 Å². The second-order valence-corrected chi connectivity index (χ2v) is 11.0. The van der Waals surface area contributed by atoms with Gasteiger partial charge in [-0.2, -0.15) is 0 Å². The first-order chi connectivity index (χ1) is 16.9. The quantitative estimate of drug-likeness (QED) is 0.259. The molecule has 4 nitrogen and oxygen atoms in total. The number of ether oxygens (including phenoxy) is 1. The van der Waals surface area contributed by atoms with E-state index in [1.165, 1.54) is 21.5 Å². The van der Waals surface area contributed by atoms with Gasteiger partial charge < -0.3 is 9.72 Å². The van der Waals surface area contributed by atoms with Crippen molar-refractivity contribution in [2.24, 2.45) is 0 Å². The van der Waals surface area contributed by atoms with Crippen molar-refractivity contribution in [3.8, 4) is 21.1 Å². The Hall–Kier alpha value is -3.61. The minimum Gasteiger partial charge on any atom is -0.443 e. The number of hydrogen-bond acceptors (Lipinski definition) is 4. The van der Waals surface area contributed by atoms with Gasteiger partial charge in [-0.05, 0) is 67.9 Å². The number of nitrogens with one attached hydrogen (secondary N) is 1. The fraction of sp³-hybridized carbons (Fsp3) is 0.138. The third-order valence-electron chi connectivity index (χ3n) is 5.38. The molecular formula is C29H26N2O2S2. The summed E-state index contributed by atoms with van der Waals surface area (Å²) in [6.45, 7) is 5.63. The number of rotatable bonds is 2. The summed E-state index contributed by atoms with van der Waals surface area (Å²) in [4.78, 5) is 18.4. The first kappa shape index (κ1) is 23.1. The molecule has 0 amide bonds. The topological polar surface area (TPSA) is 47.0 Å². The van der Waals surface area contributed by atoms with Gasteiger partial charge in [0.25, 0.3) is 0 Å². The van der Waals surface area contributed by atoms with Crippen molar-refractivity contribution >= 4 is 50.6 Å². The monoisotopic (exact) mass is 498 g/mol. The van der Waals surface area contributed by atoms with Gasteiger partial charge in [0, 0.05) is 16.3 Å². The summed E-state index contributed by atoms with van der Waals surface area (Å²) in [5.41, 5.74) is 3.64. The highest BCUT2D eigenvalue weighted by Gasteiger charge is 2.22. The third-order valence-corrected chi connectivity index (χ3v) is 7.17. The van der Waals surface area contributed by atoms with E-state index >= 15 is 0 Å². The number of thiophene rings is 2. The van der Waals surface area contributed by atoms with Crippen LogP contribution in [0.1, 0.15) is 20.8 Å². The van der Waals surface area contributed by atoms with Crippen molar-refractivity contribution in [1.29, 1.82) is 0 Å². The van der Waals surface area contributed by atoms with E-state index in [1.54, 1.807) is 27.2 Å². The van der Waals surface area contributed by atoms with Crippen molar-refractivity contribution in [3.63, 3.8) is 0 Å². The van der Waals surface area contributed by atoms with Crippen molar-refractivity contribution in [1.82, 2.24) is 9.55 Å². The number of nitrogens with zero attached hydrogens (tertiary/aromatic N) is 1. The van der Waals surface area contributed by atoms with E-state index in [0.717, 1.165) is 21.5 Å². The third kappa shape index (κ3) is 5.09. The Bertz CT molecular complexity index is 1530. The van der Waals surface area contributed by atoms with E-state index < -0.39 is 5.60 Å². The van der Waals surface area contributed by atoms with Crippen LogP contribution in [0.2, 0.25) is 0 Å². The molecule has 0 unspecified atom stereocenters. The van der Waals surface area contributed by atoms with Crippen LogP contribution in [0.5, 0.6) is 0 Å². The molecule has 6 rings (SSSR count). The molecular weight excluding hydrogens is 472 g/mol. The fourth-order valence-corrected chi connectivity index (χ4v) is 5.33. The Morgan fingerprint density at radius 3 is 2.11 bits per heavy atom. The Morgan fingerprint density at radius 2 is 1.46 bits per heavy atom. The number of aromatic amines is 1. The number of benzene rings is 2. The Morgan fingerprint density at radius 1 is 0.800 bits per heavy atom. The molecule has 4 heterocycles.